The van der Waals surface area contributed by atoms with Crippen molar-refractivity contribution in [2.24, 2.45) is 5.73 Å². The molecule has 0 aliphatic heterocycles. The number of halogens is 2. The van der Waals surface area contributed by atoms with Gasteiger partial charge in [0.25, 0.3) is 5.69 Å². The highest BCUT2D eigenvalue weighted by Gasteiger charge is 2.25. The van der Waals surface area contributed by atoms with Gasteiger partial charge in [0.1, 0.15) is 5.82 Å². The molecule has 1 atom stereocenters. The first kappa shape index (κ1) is 20.7. The Bertz CT molecular complexity index is 951. The fraction of sp³-hybridized carbons (Fsp3) is 0.250. The third-order valence-corrected chi connectivity index (χ3v) is 5.72. The summed E-state index contributed by atoms with van der Waals surface area (Å²) in [6.07, 6.45) is 0. The molecule has 8 nitrogen and oxygen atoms in total. The average Bonchev–Trinajstić information content (AvgIpc) is 2.62. The Morgan fingerprint density at radius 1 is 1.22 bits per heavy atom. The van der Waals surface area contributed by atoms with Crippen LogP contribution in [0.25, 0.3) is 0 Å². The first-order valence-corrected chi connectivity index (χ1v) is 9.01. The predicted octanol–water partition coefficient (Wildman–Crippen LogP) is 2.20. The van der Waals surface area contributed by atoms with Gasteiger partial charge in [0.05, 0.1) is 16.9 Å². The van der Waals surface area contributed by atoms with Crippen molar-refractivity contribution in [1.29, 1.82) is 0 Å². The van der Waals surface area contributed by atoms with E-state index < -0.39 is 32.6 Å². The number of methoxy groups -OCH3 is 1. The molecule has 0 aliphatic rings. The van der Waals surface area contributed by atoms with E-state index in [0.717, 1.165) is 40.7 Å². The van der Waals surface area contributed by atoms with E-state index in [9.17, 15) is 27.3 Å². The lowest BCUT2D eigenvalue weighted by Gasteiger charge is -2.22. The molecule has 0 unspecified atom stereocenters. The third-order valence-electron chi connectivity index (χ3n) is 3.88. The van der Waals surface area contributed by atoms with Gasteiger partial charge in [-0.05, 0) is 18.2 Å². The Kier molecular flexibility index (Phi) is 6.08. The summed E-state index contributed by atoms with van der Waals surface area (Å²) in [5.74, 6) is -1.96. The maximum Gasteiger partial charge on any atom is 0.269 e. The van der Waals surface area contributed by atoms with Crippen molar-refractivity contribution < 1.29 is 26.9 Å². The predicted molar refractivity (Wildman–Crippen MR) is 92.8 cm³/mol. The van der Waals surface area contributed by atoms with Crippen LogP contribution in [0.1, 0.15) is 11.6 Å². The fourth-order valence-corrected chi connectivity index (χ4v) is 3.57. The highest BCUT2D eigenvalue weighted by Crippen LogP contribution is 2.26. The molecule has 2 aromatic rings. The number of benzene rings is 2. The zero-order valence-electron chi connectivity index (χ0n) is 14.4. The van der Waals surface area contributed by atoms with E-state index in [4.69, 9.17) is 5.73 Å². The summed E-state index contributed by atoms with van der Waals surface area (Å²) in [6, 6.07) is 4.81. The molecule has 2 aromatic carbocycles. The lowest BCUT2D eigenvalue weighted by atomic mass is 10.1. The van der Waals surface area contributed by atoms with E-state index in [1.807, 2.05) is 0 Å². The van der Waals surface area contributed by atoms with Crippen molar-refractivity contribution in [1.82, 2.24) is 4.31 Å². The largest absolute Gasteiger partial charge is 0.494 e. The summed E-state index contributed by atoms with van der Waals surface area (Å²) in [7, 11) is -1.63. The number of hydrogen-bond acceptors (Lipinski definition) is 6. The fourth-order valence-electron chi connectivity index (χ4n) is 2.38. The van der Waals surface area contributed by atoms with Crippen LogP contribution in [0.15, 0.2) is 41.3 Å². The van der Waals surface area contributed by atoms with E-state index in [1.54, 1.807) is 0 Å². The molecule has 11 heteroatoms. The summed E-state index contributed by atoms with van der Waals surface area (Å²) in [6.45, 7) is -0.345. The van der Waals surface area contributed by atoms with Crippen LogP contribution >= 0.6 is 0 Å². The summed E-state index contributed by atoms with van der Waals surface area (Å²) in [5, 5.41) is 10.7. The number of non-ortho nitro benzene ring substituents is 1. The topological polar surface area (TPSA) is 116 Å². The minimum Gasteiger partial charge on any atom is -0.494 e. The maximum atomic E-state index is 14.1. The van der Waals surface area contributed by atoms with Gasteiger partial charge in [-0.25, -0.2) is 17.2 Å². The van der Waals surface area contributed by atoms with E-state index >= 15 is 0 Å². The van der Waals surface area contributed by atoms with Gasteiger partial charge in [-0.15, -0.1) is 0 Å². The Hall–Kier alpha value is -2.63. The quantitative estimate of drug-likeness (QED) is 0.562. The lowest BCUT2D eigenvalue weighted by Crippen LogP contribution is -2.34. The number of nitro groups is 1. The van der Waals surface area contributed by atoms with Crippen LogP contribution < -0.4 is 10.5 Å². The number of nitrogens with two attached hydrogens (primary N) is 1. The van der Waals surface area contributed by atoms with E-state index in [0.29, 0.717) is 0 Å². The third kappa shape index (κ3) is 4.38. The van der Waals surface area contributed by atoms with Gasteiger partial charge in [0, 0.05) is 43.4 Å². The Labute approximate surface area is 154 Å². The lowest BCUT2D eigenvalue weighted by molar-refractivity contribution is -0.384. The second-order valence-corrected chi connectivity index (χ2v) is 7.70. The second kappa shape index (κ2) is 7.94. The molecule has 0 aromatic heterocycles. The number of nitro benzene ring substituents is 1. The smallest absolute Gasteiger partial charge is 0.269 e. The summed E-state index contributed by atoms with van der Waals surface area (Å²) in [4.78, 5) is 9.81. The van der Waals surface area contributed by atoms with Crippen LogP contribution in [-0.4, -0.2) is 38.3 Å². The van der Waals surface area contributed by atoms with Crippen LogP contribution in [0.2, 0.25) is 0 Å². The molecule has 0 spiro atoms. The Balaban J connectivity index is 2.23. The van der Waals surface area contributed by atoms with Crippen LogP contribution in [0.3, 0.4) is 0 Å². The van der Waals surface area contributed by atoms with Crippen LogP contribution in [0.5, 0.6) is 5.75 Å². The molecule has 0 saturated heterocycles. The molecular formula is C16H17F2N3O5S. The van der Waals surface area contributed by atoms with Gasteiger partial charge in [-0.2, -0.15) is 4.31 Å². The molecule has 2 rings (SSSR count). The number of nitrogens with zero attached hydrogens (tertiary/aromatic N) is 2. The molecule has 0 fully saturated rings. The van der Waals surface area contributed by atoms with Crippen LogP contribution in [0, 0.1) is 21.7 Å². The number of rotatable bonds is 7. The van der Waals surface area contributed by atoms with Crippen molar-refractivity contribution >= 4 is 15.7 Å². The Morgan fingerprint density at radius 3 is 2.33 bits per heavy atom. The first-order chi connectivity index (χ1) is 12.6. The van der Waals surface area contributed by atoms with Crippen LogP contribution in [0.4, 0.5) is 14.5 Å². The van der Waals surface area contributed by atoms with E-state index in [2.05, 4.69) is 4.74 Å². The SMILES string of the molecule is COc1cc(F)c([C@@H](N)CN(C)S(=O)(=O)c2ccc([N+](=O)[O-])cc2)cc1F. The van der Waals surface area contributed by atoms with Gasteiger partial charge >= 0.3 is 0 Å². The number of likely N-dealkylation sites (N-methyl/N-ethyl adjacent to an activating group) is 1. The molecule has 27 heavy (non-hydrogen) atoms. The van der Waals surface area contributed by atoms with Crippen molar-refractivity contribution in [3.8, 4) is 5.75 Å². The minimum atomic E-state index is -4.03. The molecule has 2 N–H and O–H groups in total. The molecule has 0 heterocycles. The molecule has 0 amide bonds. The standard InChI is InChI=1S/C16H17F2N3O5S/c1-20(27(24,25)11-5-3-10(4-6-11)21(22)23)9-15(19)12-7-14(18)16(26-2)8-13(12)17/h3-8,15H,9,19H2,1-2H3/t15-/m0/s1. The van der Waals surface area contributed by atoms with Gasteiger partial charge in [-0.3, -0.25) is 10.1 Å². The van der Waals surface area contributed by atoms with Crippen LogP contribution in [-0.2, 0) is 10.0 Å². The number of sulfonamides is 1. The molecule has 0 radical (unpaired) electrons. The molecule has 0 saturated carbocycles. The van der Waals surface area contributed by atoms with Crippen molar-refractivity contribution in [2.75, 3.05) is 20.7 Å². The maximum absolute atomic E-state index is 14.1. The van der Waals surface area contributed by atoms with E-state index in [1.165, 1.54) is 14.2 Å². The van der Waals surface area contributed by atoms with Crippen molar-refractivity contribution in [3.05, 3.63) is 63.7 Å². The highest BCUT2D eigenvalue weighted by molar-refractivity contribution is 7.89. The highest BCUT2D eigenvalue weighted by atomic mass is 32.2. The molecule has 0 bridgehead atoms. The van der Waals surface area contributed by atoms with Gasteiger partial charge in [0.2, 0.25) is 10.0 Å². The monoisotopic (exact) mass is 401 g/mol. The summed E-state index contributed by atoms with van der Waals surface area (Å²) in [5.41, 5.74) is 5.38. The first-order valence-electron chi connectivity index (χ1n) is 7.57. The Morgan fingerprint density at radius 2 is 1.81 bits per heavy atom. The molecule has 146 valence electrons. The zero-order chi connectivity index (χ0) is 20.4. The number of hydrogen-bond donors (Lipinski definition) is 1. The minimum absolute atomic E-state index is 0.191. The van der Waals surface area contributed by atoms with Crippen molar-refractivity contribution in [2.45, 2.75) is 10.9 Å². The van der Waals surface area contributed by atoms with Gasteiger partial charge < -0.3 is 10.5 Å². The molecule has 0 aliphatic carbocycles. The molecular weight excluding hydrogens is 384 g/mol. The zero-order valence-corrected chi connectivity index (χ0v) is 15.2. The summed E-state index contributed by atoms with van der Waals surface area (Å²) >= 11 is 0. The normalized spacial score (nSPS) is 12.8. The van der Waals surface area contributed by atoms with Crippen molar-refractivity contribution in [3.63, 3.8) is 0 Å². The number of ether oxygens (including phenoxy) is 1. The summed E-state index contributed by atoms with van der Waals surface area (Å²) < 4.78 is 58.5. The van der Waals surface area contributed by atoms with Gasteiger partial charge in [-0.1, -0.05) is 0 Å². The second-order valence-electron chi connectivity index (χ2n) is 5.65. The average molecular weight is 401 g/mol. The van der Waals surface area contributed by atoms with Gasteiger partial charge in [0.15, 0.2) is 11.6 Å². The van der Waals surface area contributed by atoms with E-state index in [-0.39, 0.29) is 28.4 Å².